The summed E-state index contributed by atoms with van der Waals surface area (Å²) in [6, 6.07) is 4.48. The lowest BCUT2D eigenvalue weighted by Gasteiger charge is -2.10. The van der Waals surface area contributed by atoms with Crippen LogP contribution in [0.2, 0.25) is 0 Å². The van der Waals surface area contributed by atoms with Crippen LogP contribution >= 0.6 is 31.9 Å². The van der Waals surface area contributed by atoms with E-state index in [1.807, 2.05) is 0 Å². The van der Waals surface area contributed by atoms with Crippen molar-refractivity contribution in [3.8, 4) is 0 Å². The van der Waals surface area contributed by atoms with Gasteiger partial charge in [-0.3, -0.25) is 4.72 Å². The van der Waals surface area contributed by atoms with Gasteiger partial charge in [0.2, 0.25) is 0 Å². The maximum atomic E-state index is 12.3. The standard InChI is InChI=1S/C11H7Br2N3O4S/c12-6-1-2-8(7(13)5-6)21(19,20)16-10-9(11(17)18)14-3-4-15-10/h1-5H,(H,15,16)(H,17,18). The zero-order valence-electron chi connectivity index (χ0n) is 10.1. The van der Waals surface area contributed by atoms with E-state index in [1.54, 1.807) is 12.1 Å². The summed E-state index contributed by atoms with van der Waals surface area (Å²) >= 11 is 6.36. The van der Waals surface area contributed by atoms with Gasteiger partial charge >= 0.3 is 5.97 Å². The predicted molar refractivity (Wildman–Crippen MR) is 81.6 cm³/mol. The molecule has 0 atom stereocenters. The molecule has 2 aromatic rings. The fourth-order valence-corrected chi connectivity index (χ4v) is 4.21. The number of carboxylic acid groups (broad SMARTS) is 1. The third-order valence-electron chi connectivity index (χ3n) is 2.32. The van der Waals surface area contributed by atoms with Gasteiger partial charge in [0.25, 0.3) is 10.0 Å². The Morgan fingerprint density at radius 2 is 1.86 bits per heavy atom. The third kappa shape index (κ3) is 3.57. The number of benzene rings is 1. The first-order valence-electron chi connectivity index (χ1n) is 5.33. The molecule has 0 fully saturated rings. The van der Waals surface area contributed by atoms with E-state index in [0.717, 1.165) is 6.20 Å². The highest BCUT2D eigenvalue weighted by molar-refractivity contribution is 9.11. The van der Waals surface area contributed by atoms with E-state index < -0.39 is 21.7 Å². The molecule has 0 aliphatic heterocycles. The number of carbonyl (C=O) groups is 1. The van der Waals surface area contributed by atoms with Crippen molar-refractivity contribution in [3.63, 3.8) is 0 Å². The summed E-state index contributed by atoms with van der Waals surface area (Å²) in [6.45, 7) is 0. The van der Waals surface area contributed by atoms with Crippen molar-refractivity contribution >= 4 is 53.7 Å². The van der Waals surface area contributed by atoms with E-state index >= 15 is 0 Å². The predicted octanol–water partition coefficient (Wildman–Crippen LogP) is 2.50. The van der Waals surface area contributed by atoms with Gasteiger partial charge in [-0.2, -0.15) is 0 Å². The quantitative estimate of drug-likeness (QED) is 0.761. The monoisotopic (exact) mass is 435 g/mol. The molecule has 0 saturated carbocycles. The van der Waals surface area contributed by atoms with Crippen LogP contribution in [0.3, 0.4) is 0 Å². The van der Waals surface area contributed by atoms with Crippen molar-refractivity contribution in [2.75, 3.05) is 4.72 Å². The largest absolute Gasteiger partial charge is 0.476 e. The van der Waals surface area contributed by atoms with Gasteiger partial charge in [-0.15, -0.1) is 0 Å². The molecule has 0 aliphatic rings. The van der Waals surface area contributed by atoms with Gasteiger partial charge < -0.3 is 5.11 Å². The molecule has 0 radical (unpaired) electrons. The van der Waals surface area contributed by atoms with E-state index in [4.69, 9.17) is 5.11 Å². The van der Waals surface area contributed by atoms with E-state index in [0.29, 0.717) is 8.95 Å². The number of halogens is 2. The molecule has 1 heterocycles. The number of aromatic nitrogens is 2. The smallest absolute Gasteiger partial charge is 0.358 e. The normalized spacial score (nSPS) is 11.1. The van der Waals surface area contributed by atoms with Gasteiger partial charge in [0.05, 0.1) is 0 Å². The van der Waals surface area contributed by atoms with E-state index in [1.165, 1.54) is 12.3 Å². The van der Waals surface area contributed by atoms with E-state index in [9.17, 15) is 13.2 Å². The topological polar surface area (TPSA) is 109 Å². The highest BCUT2D eigenvalue weighted by atomic mass is 79.9. The Hall–Kier alpha value is -1.52. The summed E-state index contributed by atoms with van der Waals surface area (Å²) in [7, 11) is -4.00. The van der Waals surface area contributed by atoms with Crippen molar-refractivity contribution in [3.05, 3.63) is 45.2 Å². The van der Waals surface area contributed by atoms with Crippen LogP contribution in [0.5, 0.6) is 0 Å². The molecule has 0 unspecified atom stereocenters. The zero-order chi connectivity index (χ0) is 15.6. The third-order valence-corrected chi connectivity index (χ3v) is 5.12. The van der Waals surface area contributed by atoms with E-state index in [2.05, 4.69) is 46.5 Å². The molecule has 1 aromatic heterocycles. The Bertz CT molecular complexity index is 811. The maximum absolute atomic E-state index is 12.3. The highest BCUT2D eigenvalue weighted by Crippen LogP contribution is 2.27. The Morgan fingerprint density at radius 3 is 2.48 bits per heavy atom. The molecule has 0 aliphatic carbocycles. The average molecular weight is 437 g/mol. The first-order valence-corrected chi connectivity index (χ1v) is 8.40. The lowest BCUT2D eigenvalue weighted by atomic mass is 10.4. The number of nitrogens with zero attached hydrogens (tertiary/aromatic N) is 2. The number of hydrogen-bond acceptors (Lipinski definition) is 5. The van der Waals surface area contributed by atoms with Gasteiger partial charge in [-0.25, -0.2) is 23.2 Å². The van der Waals surface area contributed by atoms with Crippen LogP contribution in [0.1, 0.15) is 10.5 Å². The summed E-state index contributed by atoms with van der Waals surface area (Å²) in [5, 5.41) is 8.97. The second kappa shape index (κ2) is 6.08. The fourth-order valence-electron chi connectivity index (χ4n) is 1.44. The first-order chi connectivity index (χ1) is 9.81. The Kier molecular flexibility index (Phi) is 4.59. The van der Waals surface area contributed by atoms with Gasteiger partial charge in [-0.05, 0) is 34.1 Å². The lowest BCUT2D eigenvalue weighted by molar-refractivity contribution is 0.0691. The SMILES string of the molecule is O=C(O)c1nccnc1NS(=O)(=O)c1ccc(Br)cc1Br. The van der Waals surface area contributed by atoms with Crippen LogP contribution in [-0.2, 0) is 10.0 Å². The van der Waals surface area contributed by atoms with Crippen LogP contribution in [-0.4, -0.2) is 29.5 Å². The number of aromatic carboxylic acids is 1. The molecule has 10 heteroatoms. The molecule has 21 heavy (non-hydrogen) atoms. The first kappa shape index (κ1) is 15.9. The summed E-state index contributed by atoms with van der Waals surface area (Å²) in [5.74, 6) is -1.73. The molecule has 2 rings (SSSR count). The number of rotatable bonds is 4. The van der Waals surface area contributed by atoms with Gasteiger partial charge in [0.15, 0.2) is 11.5 Å². The molecule has 110 valence electrons. The summed E-state index contributed by atoms with van der Waals surface area (Å²) in [5.41, 5.74) is -0.477. The zero-order valence-corrected chi connectivity index (χ0v) is 14.1. The fraction of sp³-hybridized carbons (Fsp3) is 0. The minimum absolute atomic E-state index is 0.0484. The van der Waals surface area contributed by atoms with Crippen molar-refractivity contribution in [2.45, 2.75) is 4.90 Å². The van der Waals surface area contributed by atoms with Crippen LogP contribution in [0, 0.1) is 0 Å². The minimum atomic E-state index is -4.00. The molecular weight excluding hydrogens is 430 g/mol. The van der Waals surface area contributed by atoms with Crippen LogP contribution in [0.4, 0.5) is 5.82 Å². The van der Waals surface area contributed by atoms with Gasteiger partial charge in [-0.1, -0.05) is 15.9 Å². The van der Waals surface area contributed by atoms with Gasteiger partial charge in [0.1, 0.15) is 4.90 Å². The van der Waals surface area contributed by atoms with Gasteiger partial charge in [0, 0.05) is 21.3 Å². The van der Waals surface area contributed by atoms with Crippen molar-refractivity contribution in [2.24, 2.45) is 0 Å². The molecule has 2 N–H and O–H groups in total. The maximum Gasteiger partial charge on any atom is 0.358 e. The molecular formula is C11H7Br2N3O4S. The number of anilines is 1. The Labute approximate surface area is 136 Å². The Balaban J connectivity index is 2.45. The number of nitrogens with one attached hydrogen (secondary N) is 1. The minimum Gasteiger partial charge on any atom is -0.476 e. The summed E-state index contributed by atoms with van der Waals surface area (Å²) < 4.78 is 27.7. The number of sulfonamides is 1. The number of carboxylic acids is 1. The van der Waals surface area contributed by atoms with Crippen molar-refractivity contribution in [1.29, 1.82) is 0 Å². The second-order valence-electron chi connectivity index (χ2n) is 3.74. The van der Waals surface area contributed by atoms with Crippen LogP contribution < -0.4 is 4.72 Å². The summed E-state index contributed by atoms with van der Waals surface area (Å²) in [6.07, 6.45) is 2.36. The molecule has 0 amide bonds. The van der Waals surface area contributed by atoms with Crippen LogP contribution in [0.25, 0.3) is 0 Å². The van der Waals surface area contributed by atoms with Crippen LogP contribution in [0.15, 0.2) is 44.4 Å². The molecule has 1 aromatic carbocycles. The lowest BCUT2D eigenvalue weighted by Crippen LogP contribution is -2.18. The van der Waals surface area contributed by atoms with Crippen molar-refractivity contribution < 1.29 is 18.3 Å². The molecule has 0 saturated heterocycles. The van der Waals surface area contributed by atoms with Crippen molar-refractivity contribution in [1.82, 2.24) is 9.97 Å². The van der Waals surface area contributed by atoms with E-state index in [-0.39, 0.29) is 10.7 Å². The molecule has 7 nitrogen and oxygen atoms in total. The molecule has 0 bridgehead atoms. The highest BCUT2D eigenvalue weighted by Gasteiger charge is 2.22. The second-order valence-corrected chi connectivity index (χ2v) is 7.16. The summed E-state index contributed by atoms with van der Waals surface area (Å²) in [4.78, 5) is 18.2. The number of hydrogen-bond donors (Lipinski definition) is 2. The Morgan fingerprint density at radius 1 is 1.19 bits per heavy atom. The average Bonchev–Trinajstić information content (AvgIpc) is 2.37. The molecule has 0 spiro atoms.